The van der Waals surface area contributed by atoms with Gasteiger partial charge < -0.3 is 15.2 Å². The fraction of sp³-hybridized carbons (Fsp3) is 0.367. The van der Waals surface area contributed by atoms with Crippen LogP contribution in [0.15, 0.2) is 66.7 Å². The highest BCUT2D eigenvalue weighted by atomic mass is 16.5. The molecule has 3 aromatic rings. The molecular weight excluding hydrogens is 422 g/mol. The van der Waals surface area contributed by atoms with Gasteiger partial charge in [0.05, 0.1) is 12.5 Å². The van der Waals surface area contributed by atoms with E-state index in [-0.39, 0.29) is 5.92 Å². The van der Waals surface area contributed by atoms with Crippen molar-refractivity contribution in [2.75, 3.05) is 6.61 Å². The number of hydrogen-bond donors (Lipinski definition) is 2. The van der Waals surface area contributed by atoms with Crippen molar-refractivity contribution in [2.24, 2.45) is 5.92 Å². The number of rotatable bonds is 8. The normalized spacial score (nSPS) is 21.4. The second-order valence-electron chi connectivity index (χ2n) is 9.79. The summed E-state index contributed by atoms with van der Waals surface area (Å²) in [6, 6.07) is 24.3. The topological polar surface area (TPSA) is 58.6 Å². The molecule has 0 radical (unpaired) electrons. The molecule has 4 nitrogen and oxygen atoms in total. The van der Waals surface area contributed by atoms with Crippen LogP contribution in [0.3, 0.4) is 0 Å². The van der Waals surface area contributed by atoms with Gasteiger partial charge in [-0.3, -0.25) is 4.79 Å². The molecule has 0 aliphatic heterocycles. The fourth-order valence-corrected chi connectivity index (χ4v) is 5.40. The fourth-order valence-electron chi connectivity index (χ4n) is 5.40. The quantitative estimate of drug-likeness (QED) is 0.430. The van der Waals surface area contributed by atoms with E-state index in [1.165, 1.54) is 33.4 Å². The molecule has 2 aliphatic carbocycles. The standard InChI is InChI=1S/C30H33NO3/c1-20-16-21(10-12-27(20)22-6-3-2-4-7-22)14-15-34-26-11-13-28-23(19-26)8-5-9-29(28)31-25-17-24(18-25)30(32)33/h2-4,6-7,10-13,16,19,24-25,29,31H,5,8-9,14-15,17-18H2,1H3,(H,32,33)/t24-,25-,29-/m1/s1. The van der Waals surface area contributed by atoms with Gasteiger partial charge in [0.2, 0.25) is 0 Å². The minimum atomic E-state index is -0.661. The van der Waals surface area contributed by atoms with Crippen molar-refractivity contribution in [3.8, 4) is 16.9 Å². The largest absolute Gasteiger partial charge is 0.493 e. The number of carboxylic acids is 1. The molecule has 34 heavy (non-hydrogen) atoms. The zero-order valence-electron chi connectivity index (χ0n) is 19.8. The smallest absolute Gasteiger partial charge is 0.306 e. The average Bonchev–Trinajstić information content (AvgIpc) is 2.81. The van der Waals surface area contributed by atoms with Gasteiger partial charge in [-0.2, -0.15) is 0 Å². The Hall–Kier alpha value is -3.11. The van der Waals surface area contributed by atoms with E-state index in [1.54, 1.807) is 0 Å². The Bertz CT molecular complexity index is 1150. The van der Waals surface area contributed by atoms with Crippen molar-refractivity contribution in [3.05, 3.63) is 89.0 Å². The van der Waals surface area contributed by atoms with E-state index in [0.29, 0.717) is 18.7 Å². The first-order valence-electron chi connectivity index (χ1n) is 12.5. The zero-order valence-corrected chi connectivity index (χ0v) is 19.8. The van der Waals surface area contributed by atoms with Crippen LogP contribution in [0.25, 0.3) is 11.1 Å². The van der Waals surface area contributed by atoms with Gasteiger partial charge in [-0.05, 0) is 84.5 Å². The molecule has 0 heterocycles. The SMILES string of the molecule is Cc1cc(CCOc2ccc3c(c2)CCC[C@H]3N[C@H]2C[C@H](C(=O)O)C2)ccc1-c1ccccc1. The molecule has 0 bridgehead atoms. The first-order chi connectivity index (χ1) is 16.6. The molecule has 0 saturated heterocycles. The predicted octanol–water partition coefficient (Wildman–Crippen LogP) is 6.11. The van der Waals surface area contributed by atoms with Crippen LogP contribution in [0.2, 0.25) is 0 Å². The molecule has 176 valence electrons. The van der Waals surface area contributed by atoms with E-state index < -0.39 is 5.97 Å². The molecule has 4 heteroatoms. The molecule has 3 aromatic carbocycles. The van der Waals surface area contributed by atoms with Crippen LogP contribution in [0.5, 0.6) is 5.75 Å². The highest BCUT2D eigenvalue weighted by Crippen LogP contribution is 2.36. The number of ether oxygens (including phenoxy) is 1. The van der Waals surface area contributed by atoms with Crippen LogP contribution in [0, 0.1) is 12.8 Å². The van der Waals surface area contributed by atoms with E-state index in [9.17, 15) is 4.79 Å². The molecule has 0 aromatic heterocycles. The van der Waals surface area contributed by atoms with E-state index in [1.807, 2.05) is 6.07 Å². The Labute approximate surface area is 202 Å². The highest BCUT2D eigenvalue weighted by molar-refractivity contribution is 5.71. The maximum Gasteiger partial charge on any atom is 0.306 e. The van der Waals surface area contributed by atoms with Gasteiger partial charge >= 0.3 is 5.97 Å². The minimum Gasteiger partial charge on any atom is -0.493 e. The molecule has 2 aliphatic rings. The number of benzene rings is 3. The Balaban J connectivity index is 1.16. The molecule has 1 saturated carbocycles. The average molecular weight is 456 g/mol. The van der Waals surface area contributed by atoms with Gasteiger partial charge in [-0.1, -0.05) is 54.6 Å². The third kappa shape index (κ3) is 5.02. The van der Waals surface area contributed by atoms with Crippen molar-refractivity contribution in [1.29, 1.82) is 0 Å². The Morgan fingerprint density at radius 2 is 1.88 bits per heavy atom. The lowest BCUT2D eigenvalue weighted by atomic mass is 9.78. The number of carbonyl (C=O) groups is 1. The molecule has 1 fully saturated rings. The van der Waals surface area contributed by atoms with Crippen LogP contribution < -0.4 is 10.1 Å². The Morgan fingerprint density at radius 3 is 2.65 bits per heavy atom. The summed E-state index contributed by atoms with van der Waals surface area (Å²) >= 11 is 0. The van der Waals surface area contributed by atoms with Crippen LogP contribution >= 0.6 is 0 Å². The second-order valence-corrected chi connectivity index (χ2v) is 9.79. The summed E-state index contributed by atoms with van der Waals surface area (Å²) in [4.78, 5) is 11.1. The van der Waals surface area contributed by atoms with E-state index in [4.69, 9.17) is 9.84 Å². The van der Waals surface area contributed by atoms with Crippen molar-refractivity contribution in [1.82, 2.24) is 5.32 Å². The van der Waals surface area contributed by atoms with Crippen LogP contribution in [0.4, 0.5) is 0 Å². The van der Waals surface area contributed by atoms with Gasteiger partial charge in [-0.25, -0.2) is 0 Å². The number of nitrogens with one attached hydrogen (secondary N) is 1. The molecule has 0 amide bonds. The molecule has 1 atom stereocenters. The summed E-state index contributed by atoms with van der Waals surface area (Å²) in [5.74, 6) is 0.104. The van der Waals surface area contributed by atoms with Crippen LogP contribution in [-0.4, -0.2) is 23.7 Å². The third-order valence-electron chi connectivity index (χ3n) is 7.39. The van der Waals surface area contributed by atoms with Gasteiger partial charge in [0.15, 0.2) is 0 Å². The summed E-state index contributed by atoms with van der Waals surface area (Å²) in [5, 5.41) is 12.8. The van der Waals surface area contributed by atoms with Crippen LogP contribution in [-0.2, 0) is 17.6 Å². The van der Waals surface area contributed by atoms with Crippen LogP contribution in [0.1, 0.15) is 54.0 Å². The highest BCUT2D eigenvalue weighted by Gasteiger charge is 2.36. The van der Waals surface area contributed by atoms with Gasteiger partial charge in [0.25, 0.3) is 0 Å². The Morgan fingerprint density at radius 1 is 1.06 bits per heavy atom. The van der Waals surface area contributed by atoms with E-state index in [0.717, 1.165) is 44.3 Å². The van der Waals surface area contributed by atoms with Crippen molar-refractivity contribution in [2.45, 2.75) is 57.5 Å². The monoisotopic (exact) mass is 455 g/mol. The zero-order chi connectivity index (χ0) is 23.5. The lowest BCUT2D eigenvalue weighted by Gasteiger charge is -2.38. The number of fused-ring (bicyclic) bond motifs is 1. The molecule has 0 spiro atoms. The summed E-state index contributed by atoms with van der Waals surface area (Å²) in [5.41, 5.74) is 7.83. The maximum atomic E-state index is 11.1. The first kappa shape index (κ1) is 22.7. The molecule has 2 N–H and O–H groups in total. The summed E-state index contributed by atoms with van der Waals surface area (Å²) in [7, 11) is 0. The maximum absolute atomic E-state index is 11.1. The van der Waals surface area contributed by atoms with Crippen molar-refractivity contribution < 1.29 is 14.6 Å². The lowest BCUT2D eigenvalue weighted by molar-refractivity contribution is -0.145. The number of hydrogen-bond acceptors (Lipinski definition) is 3. The number of aryl methyl sites for hydroxylation is 2. The lowest BCUT2D eigenvalue weighted by Crippen LogP contribution is -2.46. The predicted molar refractivity (Wildman–Crippen MR) is 135 cm³/mol. The van der Waals surface area contributed by atoms with E-state index in [2.05, 4.69) is 72.9 Å². The molecular formula is C30H33NO3. The summed E-state index contributed by atoms with van der Waals surface area (Å²) < 4.78 is 6.13. The van der Waals surface area contributed by atoms with Crippen molar-refractivity contribution >= 4 is 5.97 Å². The molecule has 5 rings (SSSR count). The van der Waals surface area contributed by atoms with Gasteiger partial charge in [0, 0.05) is 18.5 Å². The molecule has 0 unspecified atom stereocenters. The Kier molecular flexibility index (Phi) is 6.68. The van der Waals surface area contributed by atoms with Crippen molar-refractivity contribution in [3.63, 3.8) is 0 Å². The first-order valence-corrected chi connectivity index (χ1v) is 12.5. The minimum absolute atomic E-state index is 0.172. The summed E-state index contributed by atoms with van der Waals surface area (Å²) in [6.45, 7) is 2.83. The van der Waals surface area contributed by atoms with Gasteiger partial charge in [0.1, 0.15) is 5.75 Å². The number of aliphatic carboxylic acids is 1. The third-order valence-corrected chi connectivity index (χ3v) is 7.39. The van der Waals surface area contributed by atoms with E-state index >= 15 is 0 Å². The number of carboxylic acid groups (broad SMARTS) is 1. The second kappa shape index (κ2) is 10.0. The summed E-state index contributed by atoms with van der Waals surface area (Å²) in [6.07, 6.45) is 5.70. The van der Waals surface area contributed by atoms with Gasteiger partial charge in [-0.15, -0.1) is 0 Å².